The molecule has 110 valence electrons. The number of carbonyl (C=O) groups excluding carboxylic acids is 1. The summed E-state index contributed by atoms with van der Waals surface area (Å²) in [6, 6.07) is 4.93. The third kappa shape index (κ3) is 4.02. The summed E-state index contributed by atoms with van der Waals surface area (Å²) < 4.78 is 14.4. The molecule has 1 aromatic heterocycles. The molecule has 2 rings (SSSR count). The van der Waals surface area contributed by atoms with E-state index in [-0.39, 0.29) is 5.69 Å². The third-order valence-electron chi connectivity index (χ3n) is 2.52. The Balaban J connectivity index is 2.03. The number of urea groups is 1. The molecule has 0 aliphatic heterocycles. The van der Waals surface area contributed by atoms with Crippen molar-refractivity contribution in [3.8, 4) is 0 Å². The molecule has 0 unspecified atom stereocenters. The lowest BCUT2D eigenvalue weighted by Crippen LogP contribution is -2.28. The fourth-order valence-electron chi connectivity index (χ4n) is 1.63. The molecule has 0 aliphatic carbocycles. The van der Waals surface area contributed by atoms with Gasteiger partial charge in [0.15, 0.2) is 0 Å². The molecule has 2 amide bonds. The van der Waals surface area contributed by atoms with E-state index in [1.54, 1.807) is 0 Å². The first-order chi connectivity index (χ1) is 9.97. The van der Waals surface area contributed by atoms with Crippen molar-refractivity contribution < 1.29 is 19.1 Å². The number of amides is 2. The average molecular weight is 373 g/mol. The molecule has 0 aliphatic rings. The minimum Gasteiger partial charge on any atom is -0.478 e. The van der Waals surface area contributed by atoms with E-state index in [1.165, 1.54) is 23.5 Å². The summed E-state index contributed by atoms with van der Waals surface area (Å²) in [5.74, 6) is -2.34. The zero-order valence-corrected chi connectivity index (χ0v) is 12.9. The van der Waals surface area contributed by atoms with Crippen LogP contribution < -0.4 is 10.6 Å². The Labute approximate surface area is 131 Å². The van der Waals surface area contributed by atoms with Gasteiger partial charge in [-0.05, 0) is 34.1 Å². The van der Waals surface area contributed by atoms with E-state index in [4.69, 9.17) is 5.11 Å². The molecule has 0 spiro atoms. The minimum absolute atomic E-state index is 0.0904. The lowest BCUT2D eigenvalue weighted by atomic mass is 10.1. The van der Waals surface area contributed by atoms with Crippen LogP contribution in [0.25, 0.3) is 0 Å². The van der Waals surface area contributed by atoms with Crippen LogP contribution >= 0.6 is 27.3 Å². The van der Waals surface area contributed by atoms with Crippen LogP contribution in [0.3, 0.4) is 0 Å². The largest absolute Gasteiger partial charge is 0.478 e. The number of carboxylic acids is 1. The van der Waals surface area contributed by atoms with Crippen molar-refractivity contribution in [1.29, 1.82) is 0 Å². The lowest BCUT2D eigenvalue weighted by Gasteiger charge is -2.09. The number of anilines is 1. The van der Waals surface area contributed by atoms with Crippen molar-refractivity contribution in [2.45, 2.75) is 6.54 Å². The van der Waals surface area contributed by atoms with Gasteiger partial charge in [-0.3, -0.25) is 0 Å². The molecular weight excluding hydrogens is 363 g/mol. The van der Waals surface area contributed by atoms with Crippen molar-refractivity contribution in [2.75, 3.05) is 5.32 Å². The summed E-state index contributed by atoms with van der Waals surface area (Å²) in [6.07, 6.45) is 0. The van der Waals surface area contributed by atoms with E-state index in [0.717, 1.165) is 15.4 Å². The summed E-state index contributed by atoms with van der Waals surface area (Å²) in [7, 11) is 0. The molecule has 0 saturated carbocycles. The van der Waals surface area contributed by atoms with Gasteiger partial charge in [-0.25, -0.2) is 14.0 Å². The third-order valence-corrected chi connectivity index (χ3v) is 4.22. The van der Waals surface area contributed by atoms with Gasteiger partial charge in [-0.2, -0.15) is 0 Å². The summed E-state index contributed by atoms with van der Waals surface area (Å²) in [6.45, 7) is 0.291. The summed E-state index contributed by atoms with van der Waals surface area (Å²) >= 11 is 4.77. The standard InChI is InChI=1S/C13H10BrFN2O3S/c14-7-4-8(21-6-7)5-16-13(20)17-10-3-1-2-9(15)11(10)12(18)19/h1-4,6H,5H2,(H,18,19)(H2,16,17,20). The Bertz CT molecular complexity index is 690. The van der Waals surface area contributed by atoms with Crippen LogP contribution in [0.15, 0.2) is 34.1 Å². The first-order valence-corrected chi connectivity index (χ1v) is 7.44. The number of benzene rings is 1. The van der Waals surface area contributed by atoms with Gasteiger partial charge in [0, 0.05) is 14.7 Å². The van der Waals surface area contributed by atoms with Crippen LogP contribution in [0.5, 0.6) is 0 Å². The SMILES string of the molecule is O=C(NCc1cc(Br)cs1)Nc1cccc(F)c1C(=O)O. The zero-order valence-electron chi connectivity index (χ0n) is 10.5. The maximum absolute atomic E-state index is 13.4. The first-order valence-electron chi connectivity index (χ1n) is 5.77. The summed E-state index contributed by atoms with van der Waals surface area (Å²) in [5.41, 5.74) is -0.654. The quantitative estimate of drug-likeness (QED) is 0.765. The second kappa shape index (κ2) is 6.68. The molecular formula is C13H10BrFN2O3S. The van der Waals surface area contributed by atoms with Gasteiger partial charge in [-0.1, -0.05) is 6.07 Å². The average Bonchev–Trinajstić information content (AvgIpc) is 2.82. The molecule has 1 aromatic carbocycles. The smallest absolute Gasteiger partial charge is 0.340 e. The molecule has 0 saturated heterocycles. The van der Waals surface area contributed by atoms with Gasteiger partial charge in [0.05, 0.1) is 12.2 Å². The Kier molecular flexibility index (Phi) is 4.92. The maximum atomic E-state index is 13.4. The van der Waals surface area contributed by atoms with Crippen LogP contribution in [0.2, 0.25) is 0 Å². The molecule has 0 atom stereocenters. The molecule has 2 aromatic rings. The topological polar surface area (TPSA) is 78.4 Å². The van der Waals surface area contributed by atoms with E-state index in [1.807, 2.05) is 11.4 Å². The van der Waals surface area contributed by atoms with E-state index in [0.29, 0.717) is 6.54 Å². The summed E-state index contributed by atoms with van der Waals surface area (Å²) in [4.78, 5) is 23.7. The number of rotatable bonds is 4. The molecule has 3 N–H and O–H groups in total. The molecule has 21 heavy (non-hydrogen) atoms. The van der Waals surface area contributed by atoms with Crippen molar-refractivity contribution in [3.63, 3.8) is 0 Å². The number of hydrogen-bond donors (Lipinski definition) is 3. The Hall–Kier alpha value is -1.93. The Morgan fingerprint density at radius 3 is 2.76 bits per heavy atom. The molecule has 0 bridgehead atoms. The van der Waals surface area contributed by atoms with Gasteiger partial charge >= 0.3 is 12.0 Å². The van der Waals surface area contributed by atoms with Crippen LogP contribution in [-0.2, 0) is 6.54 Å². The summed E-state index contributed by atoms with van der Waals surface area (Å²) in [5, 5.41) is 15.7. The highest BCUT2D eigenvalue weighted by Crippen LogP contribution is 2.20. The fourth-order valence-corrected chi connectivity index (χ4v) is 3.02. The second-order valence-corrected chi connectivity index (χ2v) is 5.92. The van der Waals surface area contributed by atoms with Crippen LogP contribution in [0, 0.1) is 5.82 Å². The van der Waals surface area contributed by atoms with Crippen LogP contribution in [0.4, 0.5) is 14.9 Å². The first kappa shape index (κ1) is 15.5. The van der Waals surface area contributed by atoms with E-state index in [9.17, 15) is 14.0 Å². The minimum atomic E-state index is -1.44. The highest BCUT2D eigenvalue weighted by Gasteiger charge is 2.17. The second-order valence-electron chi connectivity index (χ2n) is 4.01. The monoisotopic (exact) mass is 372 g/mol. The molecule has 5 nitrogen and oxygen atoms in total. The number of carboxylic acid groups (broad SMARTS) is 1. The number of aromatic carboxylic acids is 1. The van der Waals surface area contributed by atoms with Gasteiger partial charge in [0.25, 0.3) is 0 Å². The molecule has 1 heterocycles. The van der Waals surface area contributed by atoms with Crippen molar-refractivity contribution in [1.82, 2.24) is 5.32 Å². The highest BCUT2D eigenvalue weighted by molar-refractivity contribution is 9.10. The highest BCUT2D eigenvalue weighted by atomic mass is 79.9. The van der Waals surface area contributed by atoms with Crippen molar-refractivity contribution in [3.05, 3.63) is 50.4 Å². The zero-order chi connectivity index (χ0) is 15.4. The fraction of sp³-hybridized carbons (Fsp3) is 0.0769. The number of thiophene rings is 1. The molecule has 0 fully saturated rings. The Morgan fingerprint density at radius 2 is 2.14 bits per heavy atom. The lowest BCUT2D eigenvalue weighted by molar-refractivity contribution is 0.0693. The van der Waals surface area contributed by atoms with Crippen molar-refractivity contribution >= 4 is 45.0 Å². The predicted octanol–water partition coefficient (Wildman–Crippen LogP) is 3.67. The van der Waals surface area contributed by atoms with Gasteiger partial charge in [-0.15, -0.1) is 11.3 Å². The predicted molar refractivity (Wildman–Crippen MR) is 81.2 cm³/mol. The van der Waals surface area contributed by atoms with E-state index >= 15 is 0 Å². The Morgan fingerprint density at radius 1 is 1.38 bits per heavy atom. The molecule has 8 heteroatoms. The number of halogens is 2. The van der Waals surface area contributed by atoms with Gasteiger partial charge < -0.3 is 15.7 Å². The number of nitrogens with one attached hydrogen (secondary N) is 2. The number of hydrogen-bond acceptors (Lipinski definition) is 3. The molecule has 0 radical (unpaired) electrons. The van der Waals surface area contributed by atoms with Crippen LogP contribution in [0.1, 0.15) is 15.2 Å². The van der Waals surface area contributed by atoms with E-state index < -0.39 is 23.4 Å². The normalized spacial score (nSPS) is 10.2. The maximum Gasteiger partial charge on any atom is 0.340 e. The van der Waals surface area contributed by atoms with E-state index in [2.05, 4.69) is 26.6 Å². The number of carbonyl (C=O) groups is 2. The van der Waals surface area contributed by atoms with Crippen molar-refractivity contribution in [2.24, 2.45) is 0 Å². The van der Waals surface area contributed by atoms with Gasteiger partial charge in [0.1, 0.15) is 11.4 Å². The van der Waals surface area contributed by atoms with Crippen LogP contribution in [-0.4, -0.2) is 17.1 Å². The van der Waals surface area contributed by atoms with Gasteiger partial charge in [0.2, 0.25) is 0 Å².